The summed E-state index contributed by atoms with van der Waals surface area (Å²) in [7, 11) is 0. The van der Waals surface area contributed by atoms with E-state index >= 15 is 0 Å². The minimum absolute atomic E-state index is 0.0116. The van der Waals surface area contributed by atoms with Crippen LogP contribution in [0.15, 0.2) is 41.8 Å². The number of likely N-dealkylation sites (tertiary alicyclic amines) is 1. The number of nitrogens with two attached hydrogens (primary N) is 1. The van der Waals surface area contributed by atoms with Crippen molar-refractivity contribution in [2.24, 2.45) is 5.92 Å². The molecular weight excluding hydrogens is 360 g/mol. The highest BCUT2D eigenvalue weighted by atomic mass is 32.1. The third kappa shape index (κ3) is 4.09. The zero-order chi connectivity index (χ0) is 18.8. The number of rotatable bonds is 5. The summed E-state index contributed by atoms with van der Waals surface area (Å²) in [5, 5.41) is 13.9. The molecule has 2 atom stereocenters. The molecule has 6 nitrogen and oxygen atoms in total. The fraction of sp³-hybridized carbons (Fsp3) is 0.350. The summed E-state index contributed by atoms with van der Waals surface area (Å²) < 4.78 is 0. The van der Waals surface area contributed by atoms with Crippen LogP contribution < -0.4 is 5.73 Å². The van der Waals surface area contributed by atoms with Crippen molar-refractivity contribution in [3.05, 3.63) is 53.2 Å². The van der Waals surface area contributed by atoms with Crippen LogP contribution in [-0.2, 0) is 17.6 Å². The van der Waals surface area contributed by atoms with Crippen LogP contribution in [0.4, 0.5) is 5.13 Å². The van der Waals surface area contributed by atoms with Crippen molar-refractivity contribution < 1.29 is 9.90 Å². The molecule has 1 amide bonds. The van der Waals surface area contributed by atoms with Crippen LogP contribution in [0.3, 0.4) is 0 Å². The van der Waals surface area contributed by atoms with Gasteiger partial charge < -0.3 is 15.7 Å². The molecule has 7 heteroatoms. The monoisotopic (exact) mass is 382 g/mol. The Morgan fingerprint density at radius 1 is 1.19 bits per heavy atom. The molecule has 0 bridgehead atoms. The van der Waals surface area contributed by atoms with Gasteiger partial charge in [-0.1, -0.05) is 24.3 Å². The molecule has 0 spiro atoms. The highest BCUT2D eigenvalue weighted by Crippen LogP contribution is 2.23. The molecule has 1 aliphatic rings. The van der Waals surface area contributed by atoms with Crippen molar-refractivity contribution in [2.45, 2.75) is 25.4 Å². The van der Waals surface area contributed by atoms with Crippen LogP contribution in [-0.4, -0.2) is 45.1 Å². The molecule has 3 heterocycles. The summed E-state index contributed by atoms with van der Waals surface area (Å²) >= 11 is 1.39. The largest absolute Gasteiger partial charge is 0.391 e. The number of anilines is 1. The van der Waals surface area contributed by atoms with Gasteiger partial charge in [-0.05, 0) is 25.0 Å². The minimum Gasteiger partial charge on any atom is -0.391 e. The smallest absolute Gasteiger partial charge is 0.223 e. The van der Waals surface area contributed by atoms with Crippen LogP contribution in [0.25, 0.3) is 10.9 Å². The first kappa shape index (κ1) is 17.9. The van der Waals surface area contributed by atoms with E-state index in [1.807, 2.05) is 35.7 Å². The Bertz CT molecular complexity index is 958. The molecule has 0 unspecified atom stereocenters. The first-order chi connectivity index (χ1) is 13.1. The number of thiazole rings is 1. The maximum Gasteiger partial charge on any atom is 0.223 e. The second kappa shape index (κ2) is 7.62. The van der Waals surface area contributed by atoms with Crippen molar-refractivity contribution in [2.75, 3.05) is 18.8 Å². The Morgan fingerprint density at radius 3 is 2.85 bits per heavy atom. The summed E-state index contributed by atoms with van der Waals surface area (Å²) in [6.07, 6.45) is 1.11. The van der Waals surface area contributed by atoms with Crippen molar-refractivity contribution in [1.82, 2.24) is 14.9 Å². The summed E-state index contributed by atoms with van der Waals surface area (Å²) in [6.45, 7) is 0.948. The number of aliphatic hydroxyl groups excluding tert-OH is 1. The number of para-hydroxylation sites is 1. The second-order valence-corrected chi connectivity index (χ2v) is 7.89. The molecule has 1 fully saturated rings. The fourth-order valence-corrected chi connectivity index (χ4v) is 4.18. The normalized spacial score (nSPS) is 19.7. The van der Waals surface area contributed by atoms with Crippen LogP contribution in [0.5, 0.6) is 0 Å². The summed E-state index contributed by atoms with van der Waals surface area (Å²) in [5.41, 5.74) is 8.38. The highest BCUT2D eigenvalue weighted by Gasteiger charge is 2.34. The van der Waals surface area contributed by atoms with Gasteiger partial charge in [-0.2, -0.15) is 0 Å². The number of pyridine rings is 1. The van der Waals surface area contributed by atoms with Crippen LogP contribution in [0.1, 0.15) is 17.8 Å². The van der Waals surface area contributed by atoms with E-state index in [1.54, 1.807) is 4.90 Å². The maximum atomic E-state index is 12.5. The lowest BCUT2D eigenvalue weighted by atomic mass is 9.99. The third-order valence-corrected chi connectivity index (χ3v) is 5.77. The molecule has 1 aromatic carbocycles. The molecule has 0 aliphatic carbocycles. The first-order valence-corrected chi connectivity index (χ1v) is 9.97. The quantitative estimate of drug-likeness (QED) is 0.706. The average molecular weight is 382 g/mol. The maximum absolute atomic E-state index is 12.5. The first-order valence-electron chi connectivity index (χ1n) is 9.09. The van der Waals surface area contributed by atoms with Gasteiger partial charge >= 0.3 is 0 Å². The number of nitrogens with zero attached hydrogens (tertiary/aromatic N) is 3. The van der Waals surface area contributed by atoms with E-state index in [0.717, 1.165) is 22.3 Å². The standard InChI is InChI=1S/C20H22N4O2S/c21-20-23-16(12-27-20)7-8-19(26)24-10-14(18(25)11-24)9-15-6-5-13-3-1-2-4-17(13)22-15/h1-6,12,14,18,25H,7-11H2,(H2,21,23)/t14-,18-/m1/s1. The molecule has 3 N–H and O–H groups in total. The molecule has 0 radical (unpaired) electrons. The lowest BCUT2D eigenvalue weighted by Crippen LogP contribution is -2.29. The topological polar surface area (TPSA) is 92.3 Å². The van der Waals surface area contributed by atoms with E-state index < -0.39 is 6.10 Å². The van der Waals surface area contributed by atoms with E-state index in [0.29, 0.717) is 37.5 Å². The van der Waals surface area contributed by atoms with Crippen LogP contribution >= 0.6 is 11.3 Å². The van der Waals surface area contributed by atoms with E-state index in [4.69, 9.17) is 5.73 Å². The van der Waals surface area contributed by atoms with E-state index in [9.17, 15) is 9.90 Å². The number of benzene rings is 1. The number of amides is 1. The zero-order valence-electron chi connectivity index (χ0n) is 14.9. The van der Waals surface area contributed by atoms with E-state index in [1.165, 1.54) is 11.3 Å². The van der Waals surface area contributed by atoms with Crippen LogP contribution in [0.2, 0.25) is 0 Å². The third-order valence-electron chi connectivity index (χ3n) is 5.05. The Hall–Kier alpha value is -2.51. The highest BCUT2D eigenvalue weighted by molar-refractivity contribution is 7.13. The number of nitrogen functional groups attached to an aromatic ring is 1. The Balaban J connectivity index is 1.36. The predicted molar refractivity (Wildman–Crippen MR) is 106 cm³/mol. The van der Waals surface area contributed by atoms with Crippen molar-refractivity contribution in [3.8, 4) is 0 Å². The van der Waals surface area contributed by atoms with Crippen LogP contribution in [0, 0.1) is 5.92 Å². The van der Waals surface area contributed by atoms with Crippen molar-refractivity contribution >= 4 is 33.3 Å². The lowest BCUT2D eigenvalue weighted by Gasteiger charge is -2.16. The number of aliphatic hydroxyl groups is 1. The number of β-amino-alcohol motifs (C(OH)–C–C–N with tert-alkyl or cyclic N) is 1. The molecule has 3 aromatic rings. The number of hydrogen-bond donors (Lipinski definition) is 2. The van der Waals surface area contributed by atoms with E-state index in [2.05, 4.69) is 16.0 Å². The van der Waals surface area contributed by atoms with Gasteiger partial charge in [0.2, 0.25) is 5.91 Å². The number of fused-ring (bicyclic) bond motifs is 1. The SMILES string of the molecule is Nc1nc(CCC(=O)N2C[C@@H](Cc3ccc4ccccc4n3)[C@H](O)C2)cs1. The molecule has 140 valence electrons. The second-order valence-electron chi connectivity index (χ2n) is 7.00. The Kier molecular flexibility index (Phi) is 5.05. The van der Waals surface area contributed by atoms with Gasteiger partial charge in [-0.3, -0.25) is 9.78 Å². The van der Waals surface area contributed by atoms with Gasteiger partial charge in [0.25, 0.3) is 0 Å². The fourth-order valence-electron chi connectivity index (χ4n) is 3.58. The van der Waals surface area contributed by atoms with Gasteiger partial charge in [-0.25, -0.2) is 4.98 Å². The van der Waals surface area contributed by atoms with Crippen molar-refractivity contribution in [1.29, 1.82) is 0 Å². The minimum atomic E-state index is -0.517. The zero-order valence-corrected chi connectivity index (χ0v) is 15.7. The number of aromatic nitrogens is 2. The molecule has 1 saturated heterocycles. The Labute approximate surface area is 161 Å². The van der Waals surface area contributed by atoms with Gasteiger partial charge in [0.1, 0.15) is 0 Å². The number of hydrogen-bond acceptors (Lipinski definition) is 6. The van der Waals surface area contributed by atoms with E-state index in [-0.39, 0.29) is 11.8 Å². The van der Waals surface area contributed by atoms with Gasteiger partial charge in [0.05, 0.1) is 17.3 Å². The number of carbonyl (C=O) groups excluding carboxylic acids is 1. The number of aryl methyl sites for hydroxylation is 1. The molecular formula is C20H22N4O2S. The van der Waals surface area contributed by atoms with Crippen molar-refractivity contribution in [3.63, 3.8) is 0 Å². The summed E-state index contributed by atoms with van der Waals surface area (Å²) in [6, 6.07) is 12.1. The average Bonchev–Trinajstić information content (AvgIpc) is 3.25. The Morgan fingerprint density at radius 2 is 2.04 bits per heavy atom. The predicted octanol–water partition coefficient (Wildman–Crippen LogP) is 2.27. The number of carbonyl (C=O) groups is 1. The molecule has 4 rings (SSSR count). The molecule has 1 aliphatic heterocycles. The molecule has 0 saturated carbocycles. The summed E-state index contributed by atoms with van der Waals surface area (Å²) in [5.74, 6) is 0.0621. The van der Waals surface area contributed by atoms with Gasteiger partial charge in [-0.15, -0.1) is 11.3 Å². The summed E-state index contributed by atoms with van der Waals surface area (Å²) in [4.78, 5) is 23.1. The lowest BCUT2D eigenvalue weighted by molar-refractivity contribution is -0.130. The van der Waals surface area contributed by atoms with Gasteiger partial charge in [0.15, 0.2) is 5.13 Å². The molecule has 27 heavy (non-hydrogen) atoms. The van der Waals surface area contributed by atoms with Gasteiger partial charge in [0, 0.05) is 41.9 Å². The molecule has 2 aromatic heterocycles.